The fourth-order valence-electron chi connectivity index (χ4n) is 3.76. The molecule has 1 aliphatic heterocycles. The number of hydrogen-bond acceptors (Lipinski definition) is 10. The van der Waals surface area contributed by atoms with Gasteiger partial charge in [-0.1, -0.05) is 10.3 Å². The number of carbonyl (C=O) groups is 1. The Kier molecular flexibility index (Phi) is 5.06. The van der Waals surface area contributed by atoms with Crippen LogP contribution in [0.25, 0.3) is 11.2 Å². The minimum atomic E-state index is -0.563. The van der Waals surface area contributed by atoms with E-state index in [1.807, 2.05) is 18.4 Å². The zero-order valence-electron chi connectivity index (χ0n) is 18.8. The number of rotatable bonds is 5. The summed E-state index contributed by atoms with van der Waals surface area (Å²) in [6.45, 7) is 13.0. The molecular weight excluding hydrogens is 400 g/mol. The van der Waals surface area contributed by atoms with E-state index in [1.165, 1.54) is 6.92 Å². The SMILES string of the molecule is CC(=O)OC1(C)CCN(c2nc(NC(C)(C)C)nc3c2ncn3Cc2nonc2C)C1. The number of ether oxygens (including phenoxy) is 1. The molecule has 1 fully saturated rings. The lowest BCUT2D eigenvalue weighted by Crippen LogP contribution is -2.35. The van der Waals surface area contributed by atoms with Crippen LogP contribution in [0, 0.1) is 6.92 Å². The highest BCUT2D eigenvalue weighted by atomic mass is 16.6. The lowest BCUT2D eigenvalue weighted by Gasteiger charge is -2.26. The third-order valence-corrected chi connectivity index (χ3v) is 5.12. The predicted molar refractivity (Wildman–Crippen MR) is 114 cm³/mol. The van der Waals surface area contributed by atoms with Crippen molar-refractivity contribution < 1.29 is 14.2 Å². The molecule has 1 N–H and O–H groups in total. The summed E-state index contributed by atoms with van der Waals surface area (Å²) in [4.78, 5) is 27.8. The second kappa shape index (κ2) is 7.47. The molecule has 0 bridgehead atoms. The summed E-state index contributed by atoms with van der Waals surface area (Å²) in [5.74, 6) is 0.933. The standard InChI is InChI=1S/C20H28N8O3/c1-12-14(26-31-25-12)9-28-11-21-15-16(22-18(23-17(15)28)24-19(3,4)5)27-8-7-20(6,10-27)30-13(2)29/h11H,7-10H2,1-6H3,(H,22,23,24). The van der Waals surface area contributed by atoms with E-state index in [4.69, 9.17) is 19.3 Å². The summed E-state index contributed by atoms with van der Waals surface area (Å²) in [6, 6.07) is 0. The average Bonchev–Trinajstić information content (AvgIpc) is 3.33. The molecule has 166 valence electrons. The van der Waals surface area contributed by atoms with Gasteiger partial charge in [-0.25, -0.2) is 9.61 Å². The molecule has 31 heavy (non-hydrogen) atoms. The molecule has 3 aromatic rings. The van der Waals surface area contributed by atoms with E-state index in [2.05, 4.69) is 46.3 Å². The van der Waals surface area contributed by atoms with E-state index in [0.717, 1.165) is 5.69 Å². The third kappa shape index (κ3) is 4.44. The minimum Gasteiger partial charge on any atom is -0.458 e. The van der Waals surface area contributed by atoms with E-state index in [0.29, 0.717) is 54.7 Å². The number of hydrogen-bond donors (Lipinski definition) is 1. The molecule has 0 saturated carbocycles. The highest BCUT2D eigenvalue weighted by molar-refractivity contribution is 5.85. The topological polar surface area (TPSA) is 124 Å². The Bertz CT molecular complexity index is 1120. The molecule has 4 rings (SSSR count). The van der Waals surface area contributed by atoms with Crippen LogP contribution in [0.5, 0.6) is 0 Å². The second-order valence-electron chi connectivity index (χ2n) is 9.30. The Morgan fingerprint density at radius 2 is 2.10 bits per heavy atom. The zero-order valence-corrected chi connectivity index (χ0v) is 18.8. The first-order valence-electron chi connectivity index (χ1n) is 10.3. The van der Waals surface area contributed by atoms with Crippen LogP contribution in [0.3, 0.4) is 0 Å². The van der Waals surface area contributed by atoms with Crippen LogP contribution in [0.2, 0.25) is 0 Å². The highest BCUT2D eigenvalue weighted by Gasteiger charge is 2.38. The van der Waals surface area contributed by atoms with Gasteiger partial charge in [0.25, 0.3) is 0 Å². The van der Waals surface area contributed by atoms with E-state index in [-0.39, 0.29) is 11.5 Å². The van der Waals surface area contributed by atoms with Crippen molar-refractivity contribution in [3.63, 3.8) is 0 Å². The van der Waals surface area contributed by atoms with E-state index in [1.54, 1.807) is 6.33 Å². The van der Waals surface area contributed by atoms with Crippen molar-refractivity contribution in [2.45, 2.75) is 65.6 Å². The molecule has 1 atom stereocenters. The number of imidazole rings is 1. The molecule has 1 saturated heterocycles. The van der Waals surface area contributed by atoms with Gasteiger partial charge in [0.05, 0.1) is 19.4 Å². The van der Waals surface area contributed by atoms with Gasteiger partial charge < -0.3 is 19.5 Å². The summed E-state index contributed by atoms with van der Waals surface area (Å²) in [7, 11) is 0. The molecule has 11 nitrogen and oxygen atoms in total. The molecule has 4 heterocycles. The normalized spacial score (nSPS) is 19.2. The fourth-order valence-corrected chi connectivity index (χ4v) is 3.76. The number of aryl methyl sites for hydroxylation is 1. The average molecular weight is 428 g/mol. The fraction of sp³-hybridized carbons (Fsp3) is 0.600. The van der Waals surface area contributed by atoms with Crippen LogP contribution in [-0.2, 0) is 16.1 Å². The maximum absolute atomic E-state index is 11.5. The lowest BCUT2D eigenvalue weighted by atomic mass is 10.1. The van der Waals surface area contributed by atoms with Gasteiger partial charge in [-0.05, 0) is 34.6 Å². The number of carbonyl (C=O) groups excluding carboxylic acids is 1. The molecule has 1 aliphatic rings. The number of fused-ring (bicyclic) bond motifs is 1. The molecule has 0 aliphatic carbocycles. The van der Waals surface area contributed by atoms with Crippen LogP contribution < -0.4 is 10.2 Å². The quantitative estimate of drug-likeness (QED) is 0.605. The molecule has 1 unspecified atom stereocenters. The van der Waals surface area contributed by atoms with Crippen molar-refractivity contribution >= 4 is 28.9 Å². The van der Waals surface area contributed by atoms with E-state index >= 15 is 0 Å². The van der Waals surface area contributed by atoms with Gasteiger partial charge in [0.1, 0.15) is 17.0 Å². The van der Waals surface area contributed by atoms with Crippen LogP contribution in [0.1, 0.15) is 52.4 Å². The Hall–Kier alpha value is -3.24. The maximum atomic E-state index is 11.5. The molecule has 0 radical (unpaired) electrons. The van der Waals surface area contributed by atoms with Crippen molar-refractivity contribution in [2.75, 3.05) is 23.3 Å². The first-order valence-corrected chi connectivity index (χ1v) is 10.3. The molecule has 3 aromatic heterocycles. The van der Waals surface area contributed by atoms with Crippen molar-refractivity contribution in [2.24, 2.45) is 0 Å². The summed E-state index contributed by atoms with van der Waals surface area (Å²) in [5.41, 5.74) is 2.02. The van der Waals surface area contributed by atoms with Gasteiger partial charge in [0.15, 0.2) is 17.0 Å². The van der Waals surface area contributed by atoms with Crippen molar-refractivity contribution in [3.8, 4) is 0 Å². The molecule has 0 aromatic carbocycles. The van der Waals surface area contributed by atoms with Gasteiger partial charge in [0, 0.05) is 25.4 Å². The number of nitrogens with zero attached hydrogens (tertiary/aromatic N) is 7. The Labute approximate surface area is 180 Å². The van der Waals surface area contributed by atoms with Crippen LogP contribution >= 0.6 is 0 Å². The number of aromatic nitrogens is 6. The van der Waals surface area contributed by atoms with Gasteiger partial charge >= 0.3 is 5.97 Å². The van der Waals surface area contributed by atoms with Gasteiger partial charge in [-0.3, -0.25) is 4.79 Å². The second-order valence-corrected chi connectivity index (χ2v) is 9.30. The zero-order chi connectivity index (χ0) is 22.4. The monoisotopic (exact) mass is 428 g/mol. The van der Waals surface area contributed by atoms with Crippen LogP contribution in [0.15, 0.2) is 11.0 Å². The number of anilines is 2. The predicted octanol–water partition coefficient (Wildman–Crippen LogP) is 2.31. The Morgan fingerprint density at radius 3 is 2.74 bits per heavy atom. The summed E-state index contributed by atoms with van der Waals surface area (Å²) in [5, 5.41) is 11.2. The van der Waals surface area contributed by atoms with Gasteiger partial charge in [-0.2, -0.15) is 9.97 Å². The first-order chi connectivity index (χ1) is 14.5. The highest BCUT2D eigenvalue weighted by Crippen LogP contribution is 2.33. The van der Waals surface area contributed by atoms with Gasteiger partial charge in [0.2, 0.25) is 5.95 Å². The number of nitrogens with one attached hydrogen (secondary N) is 1. The van der Waals surface area contributed by atoms with Gasteiger partial charge in [-0.15, -0.1) is 0 Å². The number of esters is 1. The van der Waals surface area contributed by atoms with Crippen molar-refractivity contribution in [1.29, 1.82) is 0 Å². The maximum Gasteiger partial charge on any atom is 0.303 e. The molecular formula is C20H28N8O3. The minimum absolute atomic E-state index is 0.223. The lowest BCUT2D eigenvalue weighted by molar-refractivity contribution is -0.153. The summed E-state index contributed by atoms with van der Waals surface area (Å²) in [6.07, 6.45) is 2.43. The molecule has 0 spiro atoms. The smallest absolute Gasteiger partial charge is 0.303 e. The molecule has 11 heteroatoms. The third-order valence-electron chi connectivity index (χ3n) is 5.12. The summed E-state index contributed by atoms with van der Waals surface area (Å²) >= 11 is 0. The van der Waals surface area contributed by atoms with Crippen molar-refractivity contribution in [3.05, 3.63) is 17.7 Å². The Morgan fingerprint density at radius 1 is 1.32 bits per heavy atom. The van der Waals surface area contributed by atoms with Crippen LogP contribution in [-0.4, -0.2) is 60.0 Å². The summed E-state index contributed by atoms with van der Waals surface area (Å²) < 4.78 is 12.3. The first kappa shape index (κ1) is 21.0. The largest absolute Gasteiger partial charge is 0.458 e. The van der Waals surface area contributed by atoms with E-state index < -0.39 is 5.60 Å². The van der Waals surface area contributed by atoms with Crippen LogP contribution in [0.4, 0.5) is 11.8 Å². The van der Waals surface area contributed by atoms with Crippen molar-refractivity contribution in [1.82, 2.24) is 29.8 Å². The Balaban J connectivity index is 1.75. The van der Waals surface area contributed by atoms with E-state index in [9.17, 15) is 4.79 Å². The molecule has 0 amide bonds.